The van der Waals surface area contributed by atoms with Gasteiger partial charge in [0.25, 0.3) is 5.91 Å². The Morgan fingerprint density at radius 1 is 1.19 bits per heavy atom. The highest BCUT2D eigenvalue weighted by Crippen LogP contribution is 2.30. The number of carbonyl (C=O) groups excluding carboxylic acids is 1. The number of carbonyl (C=O) groups is 1. The second-order valence-electron chi connectivity index (χ2n) is 7.56. The Hall–Kier alpha value is -3.54. The first kappa shape index (κ1) is 20.7. The third-order valence-electron chi connectivity index (χ3n) is 5.54. The molecule has 0 spiro atoms. The Morgan fingerprint density at radius 2 is 2.03 bits per heavy atom. The highest BCUT2D eigenvalue weighted by atomic mass is 16.5. The first-order valence-electron chi connectivity index (χ1n) is 10.4. The summed E-state index contributed by atoms with van der Waals surface area (Å²) in [6.45, 7) is 4.83. The Bertz CT molecular complexity index is 1100. The van der Waals surface area contributed by atoms with E-state index in [1.807, 2.05) is 55.1 Å². The molecule has 0 aliphatic carbocycles. The lowest BCUT2D eigenvalue weighted by molar-refractivity contribution is -0.114. The van der Waals surface area contributed by atoms with Crippen LogP contribution in [0.3, 0.4) is 0 Å². The smallest absolute Gasteiger partial charge is 0.250 e. The molecule has 1 aliphatic rings. The highest BCUT2D eigenvalue weighted by molar-refractivity contribution is 6.04. The third kappa shape index (κ3) is 4.48. The van der Waals surface area contributed by atoms with Gasteiger partial charge >= 0.3 is 0 Å². The highest BCUT2D eigenvalue weighted by Gasteiger charge is 2.20. The number of rotatable bonds is 6. The van der Waals surface area contributed by atoms with Crippen LogP contribution in [0.5, 0.6) is 11.5 Å². The minimum absolute atomic E-state index is 0.0233. The van der Waals surface area contributed by atoms with Crippen LogP contribution in [0.25, 0.3) is 6.08 Å². The number of anilines is 1. The fourth-order valence-corrected chi connectivity index (χ4v) is 3.78. The number of methoxy groups -OCH3 is 1. The molecule has 0 bridgehead atoms. The van der Waals surface area contributed by atoms with E-state index in [-0.39, 0.29) is 5.91 Å². The van der Waals surface area contributed by atoms with Crippen molar-refractivity contribution in [3.8, 4) is 11.5 Å². The van der Waals surface area contributed by atoms with Crippen LogP contribution >= 0.6 is 0 Å². The van der Waals surface area contributed by atoms with Crippen LogP contribution in [0.2, 0.25) is 0 Å². The number of hydrogen-bond donors (Lipinski definition) is 0. The fourth-order valence-electron chi connectivity index (χ4n) is 3.78. The summed E-state index contributed by atoms with van der Waals surface area (Å²) in [6, 6.07) is 13.7. The largest absolute Gasteiger partial charge is 0.493 e. The average molecular weight is 418 g/mol. The number of para-hydroxylation sites is 1. The summed E-state index contributed by atoms with van der Waals surface area (Å²) in [7, 11) is 1.60. The molecule has 1 aliphatic heterocycles. The van der Waals surface area contributed by atoms with Gasteiger partial charge in [-0.05, 0) is 62.1 Å². The van der Waals surface area contributed by atoms with Crippen molar-refractivity contribution < 1.29 is 18.8 Å². The molecule has 1 aromatic heterocycles. The number of ether oxygens (including phenoxy) is 2. The van der Waals surface area contributed by atoms with Crippen LogP contribution in [-0.4, -0.2) is 24.7 Å². The van der Waals surface area contributed by atoms with Gasteiger partial charge in [0, 0.05) is 18.3 Å². The molecule has 6 nitrogen and oxygen atoms in total. The number of benzene rings is 2. The first-order valence-corrected chi connectivity index (χ1v) is 10.4. The summed E-state index contributed by atoms with van der Waals surface area (Å²) in [5.74, 6) is 1.94. The van der Waals surface area contributed by atoms with Crippen molar-refractivity contribution in [2.75, 3.05) is 18.6 Å². The van der Waals surface area contributed by atoms with Crippen LogP contribution in [0.1, 0.15) is 34.6 Å². The van der Waals surface area contributed by atoms with Gasteiger partial charge < -0.3 is 18.9 Å². The molecule has 0 fully saturated rings. The number of aryl methyl sites for hydroxylation is 3. The standard InChI is InChI=1S/C25H26N2O4/c1-17-21(18(2)31-26-17)16-30-23-12-10-19(15-24(23)29-3)11-13-25(28)27-14-6-8-20-7-4-5-9-22(20)27/h4-5,7,9-13,15H,6,8,14,16H2,1-3H3/b13-11+. The zero-order valence-corrected chi connectivity index (χ0v) is 18.1. The van der Waals surface area contributed by atoms with Crippen molar-refractivity contribution in [3.63, 3.8) is 0 Å². The van der Waals surface area contributed by atoms with Crippen molar-refractivity contribution in [2.24, 2.45) is 0 Å². The molecule has 31 heavy (non-hydrogen) atoms. The lowest BCUT2D eigenvalue weighted by Crippen LogP contribution is -2.34. The molecule has 0 radical (unpaired) electrons. The van der Waals surface area contributed by atoms with Gasteiger partial charge in [-0.15, -0.1) is 0 Å². The maximum atomic E-state index is 12.8. The fraction of sp³-hybridized carbons (Fsp3) is 0.280. The third-order valence-corrected chi connectivity index (χ3v) is 5.54. The molecule has 0 N–H and O–H groups in total. The van der Waals surface area contributed by atoms with Crippen LogP contribution < -0.4 is 14.4 Å². The first-order chi connectivity index (χ1) is 15.1. The van der Waals surface area contributed by atoms with Gasteiger partial charge in [-0.2, -0.15) is 0 Å². The lowest BCUT2D eigenvalue weighted by Gasteiger charge is -2.28. The number of fused-ring (bicyclic) bond motifs is 1. The van der Waals surface area contributed by atoms with Crippen molar-refractivity contribution in [2.45, 2.75) is 33.3 Å². The number of hydrogen-bond acceptors (Lipinski definition) is 5. The topological polar surface area (TPSA) is 64.8 Å². The maximum Gasteiger partial charge on any atom is 0.250 e. The normalized spacial score (nSPS) is 13.3. The molecule has 0 saturated carbocycles. The number of amides is 1. The lowest BCUT2D eigenvalue weighted by atomic mass is 10.0. The Labute approximate surface area is 182 Å². The summed E-state index contributed by atoms with van der Waals surface area (Å²) in [4.78, 5) is 14.7. The molecule has 3 aromatic rings. The van der Waals surface area contributed by atoms with E-state index in [1.54, 1.807) is 19.3 Å². The number of aromatic nitrogens is 1. The minimum atomic E-state index is -0.0233. The minimum Gasteiger partial charge on any atom is -0.493 e. The molecule has 0 saturated heterocycles. The molecule has 160 valence electrons. The Morgan fingerprint density at radius 3 is 2.81 bits per heavy atom. The second kappa shape index (κ2) is 9.08. The van der Waals surface area contributed by atoms with Crippen molar-refractivity contribution >= 4 is 17.7 Å². The molecule has 1 amide bonds. The zero-order chi connectivity index (χ0) is 21.8. The molecule has 4 rings (SSSR count). The summed E-state index contributed by atoms with van der Waals surface area (Å²) in [5, 5.41) is 3.95. The van der Waals surface area contributed by atoms with E-state index in [0.29, 0.717) is 18.1 Å². The van der Waals surface area contributed by atoms with Gasteiger partial charge in [-0.25, -0.2) is 0 Å². The van der Waals surface area contributed by atoms with E-state index in [0.717, 1.165) is 47.7 Å². The quantitative estimate of drug-likeness (QED) is 0.534. The molecule has 6 heteroatoms. The summed E-state index contributed by atoms with van der Waals surface area (Å²) < 4.78 is 16.6. The van der Waals surface area contributed by atoms with E-state index >= 15 is 0 Å². The average Bonchev–Trinajstić information content (AvgIpc) is 3.12. The van der Waals surface area contributed by atoms with E-state index in [9.17, 15) is 4.79 Å². The van der Waals surface area contributed by atoms with Crippen LogP contribution in [0.4, 0.5) is 5.69 Å². The maximum absolute atomic E-state index is 12.8. The molecule has 0 atom stereocenters. The van der Waals surface area contributed by atoms with Crippen molar-refractivity contribution in [1.29, 1.82) is 0 Å². The molecule has 0 unspecified atom stereocenters. The van der Waals surface area contributed by atoms with Gasteiger partial charge in [-0.3, -0.25) is 4.79 Å². The van der Waals surface area contributed by atoms with Gasteiger partial charge in [0.15, 0.2) is 11.5 Å². The Balaban J connectivity index is 1.47. The van der Waals surface area contributed by atoms with Crippen LogP contribution in [-0.2, 0) is 17.8 Å². The van der Waals surface area contributed by atoms with E-state index < -0.39 is 0 Å². The predicted molar refractivity (Wildman–Crippen MR) is 119 cm³/mol. The predicted octanol–water partition coefficient (Wildman–Crippen LogP) is 4.87. The van der Waals surface area contributed by atoms with Gasteiger partial charge in [-0.1, -0.05) is 29.4 Å². The molecular weight excluding hydrogens is 392 g/mol. The Kier molecular flexibility index (Phi) is 6.07. The summed E-state index contributed by atoms with van der Waals surface area (Å²) in [5.41, 5.74) is 4.83. The van der Waals surface area contributed by atoms with E-state index in [1.165, 1.54) is 5.56 Å². The van der Waals surface area contributed by atoms with Crippen molar-refractivity contribution in [3.05, 3.63) is 76.7 Å². The van der Waals surface area contributed by atoms with Crippen LogP contribution in [0.15, 0.2) is 53.1 Å². The summed E-state index contributed by atoms with van der Waals surface area (Å²) in [6.07, 6.45) is 5.40. The molecule has 2 aromatic carbocycles. The van der Waals surface area contributed by atoms with Gasteiger partial charge in [0.2, 0.25) is 0 Å². The van der Waals surface area contributed by atoms with Gasteiger partial charge in [0.05, 0.1) is 18.4 Å². The second-order valence-corrected chi connectivity index (χ2v) is 7.56. The SMILES string of the molecule is COc1cc(/C=C/C(=O)N2CCCc3ccccc32)ccc1OCc1c(C)noc1C. The van der Waals surface area contributed by atoms with Crippen LogP contribution in [0, 0.1) is 13.8 Å². The summed E-state index contributed by atoms with van der Waals surface area (Å²) >= 11 is 0. The number of nitrogens with zero attached hydrogens (tertiary/aromatic N) is 2. The van der Waals surface area contributed by atoms with E-state index in [2.05, 4.69) is 11.2 Å². The monoisotopic (exact) mass is 418 g/mol. The molecule has 2 heterocycles. The van der Waals surface area contributed by atoms with Gasteiger partial charge in [0.1, 0.15) is 12.4 Å². The zero-order valence-electron chi connectivity index (χ0n) is 18.1. The van der Waals surface area contributed by atoms with Crippen molar-refractivity contribution in [1.82, 2.24) is 5.16 Å². The van der Waals surface area contributed by atoms with E-state index in [4.69, 9.17) is 14.0 Å². The molecular formula is C25H26N2O4.